The fourth-order valence-electron chi connectivity index (χ4n) is 2.59. The lowest BCUT2D eigenvalue weighted by Gasteiger charge is -2.34. The molecule has 2 heterocycles. The van der Waals surface area contributed by atoms with Crippen LogP contribution in [-0.4, -0.2) is 82.6 Å². The zero-order valence-corrected chi connectivity index (χ0v) is 14.3. The van der Waals surface area contributed by atoms with Crippen LogP contribution in [0.4, 0.5) is 0 Å². The summed E-state index contributed by atoms with van der Waals surface area (Å²) < 4.78 is 73.6. The predicted molar refractivity (Wildman–Crippen MR) is 78.6 cm³/mol. The fraction of sp³-hybridized carbons (Fsp3) is 1.00. The molecule has 11 heteroatoms. The molecule has 124 valence electrons. The van der Waals surface area contributed by atoms with Crippen molar-refractivity contribution in [2.75, 3.05) is 43.4 Å². The molecule has 2 rings (SSSR count). The van der Waals surface area contributed by atoms with E-state index >= 15 is 0 Å². The van der Waals surface area contributed by atoms with Gasteiger partial charge in [-0.2, -0.15) is 8.61 Å². The molecule has 0 saturated carbocycles. The van der Waals surface area contributed by atoms with Crippen LogP contribution in [0.1, 0.15) is 13.3 Å². The zero-order chi connectivity index (χ0) is 15.9. The molecular weight excluding hydrogens is 340 g/mol. The second-order valence-corrected chi connectivity index (χ2v) is 12.0. The molecule has 0 unspecified atom stereocenters. The first-order valence-corrected chi connectivity index (χ1v) is 11.7. The van der Waals surface area contributed by atoms with Crippen molar-refractivity contribution in [2.24, 2.45) is 0 Å². The molecular formula is C10H20N2O6S3. The summed E-state index contributed by atoms with van der Waals surface area (Å²) >= 11 is 0. The maximum atomic E-state index is 12.4. The van der Waals surface area contributed by atoms with Gasteiger partial charge in [0.2, 0.25) is 20.0 Å². The van der Waals surface area contributed by atoms with Gasteiger partial charge >= 0.3 is 0 Å². The number of hydrogen-bond donors (Lipinski definition) is 0. The SMILES string of the molecule is CCS(=O)(=O)N1CCN(S(=O)(=O)[C@@H]2CCS(=O)(=O)C2)CC1. The van der Waals surface area contributed by atoms with Gasteiger partial charge in [-0.05, 0) is 13.3 Å². The number of piperazine rings is 1. The molecule has 2 fully saturated rings. The van der Waals surface area contributed by atoms with Crippen LogP contribution in [0.15, 0.2) is 0 Å². The van der Waals surface area contributed by atoms with Crippen molar-refractivity contribution in [3.05, 3.63) is 0 Å². The third-order valence-corrected chi connectivity index (χ3v) is 10.1. The van der Waals surface area contributed by atoms with Crippen LogP contribution in [0.3, 0.4) is 0 Å². The van der Waals surface area contributed by atoms with Gasteiger partial charge in [0.05, 0.1) is 22.5 Å². The van der Waals surface area contributed by atoms with Crippen molar-refractivity contribution in [2.45, 2.75) is 18.6 Å². The Labute approximate surface area is 126 Å². The Morgan fingerprint density at radius 1 is 1.00 bits per heavy atom. The lowest BCUT2D eigenvalue weighted by Crippen LogP contribution is -2.52. The Bertz CT molecular complexity index is 689. The van der Waals surface area contributed by atoms with Crippen molar-refractivity contribution < 1.29 is 25.3 Å². The van der Waals surface area contributed by atoms with E-state index in [4.69, 9.17) is 0 Å². The molecule has 2 aliphatic heterocycles. The minimum atomic E-state index is -3.68. The molecule has 2 saturated heterocycles. The van der Waals surface area contributed by atoms with E-state index in [1.165, 1.54) is 8.61 Å². The first kappa shape index (κ1) is 17.1. The lowest BCUT2D eigenvalue weighted by atomic mass is 10.4. The number of sulfonamides is 2. The predicted octanol–water partition coefficient (Wildman–Crippen LogP) is -1.53. The highest BCUT2D eigenvalue weighted by Crippen LogP contribution is 2.23. The van der Waals surface area contributed by atoms with Crippen molar-refractivity contribution >= 4 is 29.9 Å². The molecule has 2 aliphatic rings. The standard InChI is InChI=1S/C10H20N2O6S3/c1-2-20(15,16)11-4-6-12(7-5-11)21(17,18)10-3-8-19(13,14)9-10/h10H,2-9H2,1H3/t10-/m1/s1. The van der Waals surface area contributed by atoms with Crippen molar-refractivity contribution in [3.63, 3.8) is 0 Å². The zero-order valence-electron chi connectivity index (χ0n) is 11.8. The van der Waals surface area contributed by atoms with E-state index in [1.807, 2.05) is 0 Å². The fourth-order valence-corrected chi connectivity index (χ4v) is 8.19. The molecule has 0 radical (unpaired) electrons. The van der Waals surface area contributed by atoms with E-state index < -0.39 is 35.1 Å². The Kier molecular flexibility index (Phi) is 4.70. The van der Waals surface area contributed by atoms with Crippen LogP contribution in [0.2, 0.25) is 0 Å². The van der Waals surface area contributed by atoms with E-state index in [1.54, 1.807) is 6.92 Å². The van der Waals surface area contributed by atoms with Gasteiger partial charge in [0.1, 0.15) is 0 Å². The van der Waals surface area contributed by atoms with Crippen LogP contribution >= 0.6 is 0 Å². The van der Waals surface area contributed by atoms with Crippen LogP contribution in [-0.2, 0) is 29.9 Å². The maximum Gasteiger partial charge on any atom is 0.218 e. The highest BCUT2D eigenvalue weighted by atomic mass is 32.2. The van der Waals surface area contributed by atoms with Gasteiger partial charge in [0, 0.05) is 26.2 Å². The van der Waals surface area contributed by atoms with Gasteiger partial charge in [0.25, 0.3) is 0 Å². The number of hydrogen-bond acceptors (Lipinski definition) is 6. The Hall–Kier alpha value is -0.230. The lowest BCUT2D eigenvalue weighted by molar-refractivity contribution is 0.271. The van der Waals surface area contributed by atoms with Crippen molar-refractivity contribution in [1.82, 2.24) is 8.61 Å². The van der Waals surface area contributed by atoms with Crippen molar-refractivity contribution in [3.8, 4) is 0 Å². The topological polar surface area (TPSA) is 109 Å². The van der Waals surface area contributed by atoms with E-state index in [0.29, 0.717) is 0 Å². The molecule has 0 N–H and O–H groups in total. The number of rotatable bonds is 4. The monoisotopic (exact) mass is 360 g/mol. The van der Waals surface area contributed by atoms with Crippen LogP contribution in [0.5, 0.6) is 0 Å². The van der Waals surface area contributed by atoms with Gasteiger partial charge in [-0.25, -0.2) is 25.3 Å². The van der Waals surface area contributed by atoms with Crippen molar-refractivity contribution in [1.29, 1.82) is 0 Å². The normalized spacial score (nSPS) is 28.7. The van der Waals surface area contributed by atoms with E-state index in [0.717, 1.165) is 0 Å². The average molecular weight is 360 g/mol. The number of nitrogens with zero attached hydrogens (tertiary/aromatic N) is 2. The first-order chi connectivity index (χ1) is 9.58. The molecule has 21 heavy (non-hydrogen) atoms. The second kappa shape index (κ2) is 5.76. The summed E-state index contributed by atoms with van der Waals surface area (Å²) in [5, 5.41) is -0.892. The molecule has 0 aromatic carbocycles. The molecule has 0 amide bonds. The maximum absolute atomic E-state index is 12.4. The van der Waals surface area contributed by atoms with Gasteiger partial charge in [-0.3, -0.25) is 0 Å². The molecule has 0 spiro atoms. The third kappa shape index (κ3) is 3.58. The largest absolute Gasteiger partial charge is 0.229 e. The average Bonchev–Trinajstić information content (AvgIpc) is 2.80. The van der Waals surface area contributed by atoms with Gasteiger partial charge < -0.3 is 0 Å². The molecule has 8 nitrogen and oxygen atoms in total. The minimum Gasteiger partial charge on any atom is -0.229 e. The summed E-state index contributed by atoms with van der Waals surface area (Å²) in [6.45, 7) is 1.95. The number of sulfone groups is 1. The second-order valence-electron chi connectivity index (χ2n) is 5.27. The van der Waals surface area contributed by atoms with Gasteiger partial charge in [0.15, 0.2) is 9.84 Å². The summed E-state index contributed by atoms with van der Waals surface area (Å²) in [5.41, 5.74) is 0. The van der Waals surface area contributed by atoms with E-state index in [2.05, 4.69) is 0 Å². The molecule has 0 aliphatic carbocycles. The minimum absolute atomic E-state index is 0.0133. The van der Waals surface area contributed by atoms with Crippen LogP contribution < -0.4 is 0 Å². The summed E-state index contributed by atoms with van der Waals surface area (Å²) in [6.07, 6.45) is 0.123. The molecule has 0 aromatic heterocycles. The summed E-state index contributed by atoms with van der Waals surface area (Å²) in [5.74, 6) is -0.440. The van der Waals surface area contributed by atoms with E-state index in [-0.39, 0.29) is 49.9 Å². The summed E-state index contributed by atoms with van der Waals surface area (Å²) in [7, 11) is -10.3. The Morgan fingerprint density at radius 3 is 1.95 bits per heavy atom. The van der Waals surface area contributed by atoms with Gasteiger partial charge in [-0.1, -0.05) is 0 Å². The Morgan fingerprint density at radius 2 is 1.52 bits per heavy atom. The third-order valence-electron chi connectivity index (χ3n) is 3.93. The molecule has 1 atom stereocenters. The van der Waals surface area contributed by atoms with Crippen LogP contribution in [0.25, 0.3) is 0 Å². The highest BCUT2D eigenvalue weighted by molar-refractivity contribution is 7.95. The Balaban J connectivity index is 2.05. The first-order valence-electron chi connectivity index (χ1n) is 6.76. The summed E-state index contributed by atoms with van der Waals surface area (Å²) in [4.78, 5) is 0. The smallest absolute Gasteiger partial charge is 0.218 e. The summed E-state index contributed by atoms with van der Waals surface area (Å²) in [6, 6.07) is 0. The van der Waals surface area contributed by atoms with Crippen LogP contribution in [0, 0.1) is 0 Å². The van der Waals surface area contributed by atoms with E-state index in [9.17, 15) is 25.3 Å². The highest BCUT2D eigenvalue weighted by Gasteiger charge is 2.41. The molecule has 0 aromatic rings. The quantitative estimate of drug-likeness (QED) is 0.602. The van der Waals surface area contributed by atoms with Gasteiger partial charge in [-0.15, -0.1) is 0 Å². The molecule has 0 bridgehead atoms.